The molecule has 1 aromatic carbocycles. The van der Waals surface area contributed by atoms with Crippen LogP contribution in [0, 0.1) is 0 Å². The van der Waals surface area contributed by atoms with Crippen LogP contribution in [0.3, 0.4) is 0 Å². The minimum Gasteiger partial charge on any atom is -0.398 e. The van der Waals surface area contributed by atoms with Gasteiger partial charge in [-0.05, 0) is 12.1 Å². The second-order valence-corrected chi connectivity index (χ2v) is 6.02. The molecule has 0 bridgehead atoms. The molecule has 1 fully saturated rings. The Labute approximate surface area is 101 Å². The molecular formula is C11H16N2O3S. The smallest absolute Gasteiger partial charge is 0.179 e. The van der Waals surface area contributed by atoms with Crippen LogP contribution in [0.5, 0.6) is 0 Å². The highest BCUT2D eigenvalue weighted by Gasteiger charge is 2.22. The highest BCUT2D eigenvalue weighted by atomic mass is 32.2. The van der Waals surface area contributed by atoms with Crippen molar-refractivity contribution >= 4 is 21.2 Å². The Morgan fingerprint density at radius 2 is 1.94 bits per heavy atom. The number of nitrogens with zero attached hydrogens (tertiary/aromatic N) is 1. The van der Waals surface area contributed by atoms with Crippen LogP contribution in [-0.4, -0.2) is 41.0 Å². The molecule has 2 rings (SSSR count). The van der Waals surface area contributed by atoms with E-state index in [-0.39, 0.29) is 4.90 Å². The molecule has 2 N–H and O–H groups in total. The summed E-state index contributed by atoms with van der Waals surface area (Å²) in [6.07, 6.45) is 1.18. The van der Waals surface area contributed by atoms with Gasteiger partial charge in [0.2, 0.25) is 0 Å². The summed E-state index contributed by atoms with van der Waals surface area (Å²) in [6.45, 7) is 2.59. The zero-order chi connectivity index (χ0) is 12.5. The Morgan fingerprint density at radius 3 is 2.53 bits per heavy atom. The summed E-state index contributed by atoms with van der Waals surface area (Å²) in [5, 5.41) is 0. The van der Waals surface area contributed by atoms with E-state index < -0.39 is 9.84 Å². The summed E-state index contributed by atoms with van der Waals surface area (Å²) in [7, 11) is -3.32. The van der Waals surface area contributed by atoms with Crippen molar-refractivity contribution in [3.63, 3.8) is 0 Å². The van der Waals surface area contributed by atoms with E-state index in [9.17, 15) is 8.42 Å². The molecular weight excluding hydrogens is 240 g/mol. The Balaban J connectivity index is 2.49. The second-order valence-electron chi connectivity index (χ2n) is 4.07. The van der Waals surface area contributed by atoms with Gasteiger partial charge in [-0.2, -0.15) is 0 Å². The molecule has 1 aromatic rings. The molecule has 0 radical (unpaired) electrons. The van der Waals surface area contributed by atoms with E-state index in [4.69, 9.17) is 10.5 Å². The predicted molar refractivity (Wildman–Crippen MR) is 67.0 cm³/mol. The van der Waals surface area contributed by atoms with E-state index in [0.29, 0.717) is 37.7 Å². The van der Waals surface area contributed by atoms with Crippen molar-refractivity contribution in [1.82, 2.24) is 0 Å². The fraction of sp³-hybridized carbons (Fsp3) is 0.455. The fourth-order valence-corrected chi connectivity index (χ4v) is 3.07. The van der Waals surface area contributed by atoms with Gasteiger partial charge in [0.15, 0.2) is 9.84 Å². The summed E-state index contributed by atoms with van der Waals surface area (Å²) in [6, 6.07) is 5.17. The average molecular weight is 256 g/mol. The van der Waals surface area contributed by atoms with E-state index in [0.717, 1.165) is 0 Å². The quantitative estimate of drug-likeness (QED) is 0.780. The van der Waals surface area contributed by atoms with Gasteiger partial charge >= 0.3 is 0 Å². The number of nitrogen functional groups attached to an aromatic ring is 1. The minimum absolute atomic E-state index is 0.224. The molecule has 0 spiro atoms. The van der Waals surface area contributed by atoms with Crippen molar-refractivity contribution in [2.24, 2.45) is 0 Å². The summed E-state index contributed by atoms with van der Waals surface area (Å²) < 4.78 is 28.8. The standard InChI is InChI=1S/C11H16N2O3S/c1-17(14,15)11-9(12)3-2-4-10(11)13-5-7-16-8-6-13/h2-4H,5-8,12H2,1H3. The average Bonchev–Trinajstić information content (AvgIpc) is 2.28. The van der Waals surface area contributed by atoms with Gasteiger partial charge in [-0.25, -0.2) is 8.42 Å². The molecule has 0 unspecified atom stereocenters. The number of ether oxygens (including phenoxy) is 1. The van der Waals surface area contributed by atoms with Gasteiger partial charge in [-0.3, -0.25) is 0 Å². The Kier molecular flexibility index (Phi) is 3.26. The first kappa shape index (κ1) is 12.2. The van der Waals surface area contributed by atoms with E-state index in [1.54, 1.807) is 18.2 Å². The van der Waals surface area contributed by atoms with Crippen molar-refractivity contribution in [3.8, 4) is 0 Å². The van der Waals surface area contributed by atoms with Crippen LogP contribution in [0.1, 0.15) is 0 Å². The van der Waals surface area contributed by atoms with Crippen molar-refractivity contribution in [1.29, 1.82) is 0 Å². The topological polar surface area (TPSA) is 72.6 Å². The maximum absolute atomic E-state index is 11.8. The van der Waals surface area contributed by atoms with Crippen LogP contribution in [0.15, 0.2) is 23.1 Å². The number of hydrogen-bond donors (Lipinski definition) is 1. The molecule has 0 saturated carbocycles. The van der Waals surface area contributed by atoms with Gasteiger partial charge < -0.3 is 15.4 Å². The summed E-state index contributed by atoms with van der Waals surface area (Å²) in [5.74, 6) is 0. The number of benzene rings is 1. The normalized spacial score (nSPS) is 17.1. The molecule has 5 nitrogen and oxygen atoms in total. The molecule has 1 aliphatic heterocycles. The van der Waals surface area contributed by atoms with E-state index in [1.165, 1.54) is 6.26 Å². The maximum atomic E-state index is 11.8. The highest BCUT2D eigenvalue weighted by molar-refractivity contribution is 7.91. The molecule has 1 heterocycles. The third-order valence-corrected chi connectivity index (χ3v) is 3.93. The summed E-state index contributed by atoms with van der Waals surface area (Å²) >= 11 is 0. The third-order valence-electron chi connectivity index (χ3n) is 2.75. The lowest BCUT2D eigenvalue weighted by molar-refractivity contribution is 0.122. The van der Waals surface area contributed by atoms with Gasteiger partial charge in [0.05, 0.1) is 24.6 Å². The monoisotopic (exact) mass is 256 g/mol. The zero-order valence-electron chi connectivity index (χ0n) is 9.72. The third kappa shape index (κ3) is 2.53. The number of rotatable bonds is 2. The Bertz CT molecular complexity index is 507. The van der Waals surface area contributed by atoms with Crippen molar-refractivity contribution in [2.45, 2.75) is 4.90 Å². The number of anilines is 2. The molecule has 0 amide bonds. The molecule has 17 heavy (non-hydrogen) atoms. The van der Waals surface area contributed by atoms with Crippen LogP contribution >= 0.6 is 0 Å². The lowest BCUT2D eigenvalue weighted by Gasteiger charge is -2.30. The lowest BCUT2D eigenvalue weighted by Crippen LogP contribution is -2.37. The zero-order valence-corrected chi connectivity index (χ0v) is 10.5. The molecule has 0 aliphatic carbocycles. The lowest BCUT2D eigenvalue weighted by atomic mass is 10.2. The first-order valence-corrected chi connectivity index (χ1v) is 7.30. The van der Waals surface area contributed by atoms with Crippen molar-refractivity contribution in [2.75, 3.05) is 43.2 Å². The molecule has 1 aliphatic rings. The van der Waals surface area contributed by atoms with E-state index in [2.05, 4.69) is 0 Å². The molecule has 0 atom stereocenters. The van der Waals surface area contributed by atoms with Gasteiger partial charge in [0, 0.05) is 19.3 Å². The first-order valence-electron chi connectivity index (χ1n) is 5.41. The molecule has 6 heteroatoms. The van der Waals surface area contributed by atoms with Crippen LogP contribution in [0.25, 0.3) is 0 Å². The molecule has 1 saturated heterocycles. The molecule has 94 valence electrons. The fourth-order valence-electron chi connectivity index (χ4n) is 2.00. The summed E-state index contributed by atoms with van der Waals surface area (Å²) in [4.78, 5) is 2.22. The van der Waals surface area contributed by atoms with Crippen LogP contribution in [0.4, 0.5) is 11.4 Å². The van der Waals surface area contributed by atoms with Crippen molar-refractivity contribution < 1.29 is 13.2 Å². The minimum atomic E-state index is -3.32. The molecule has 0 aromatic heterocycles. The number of sulfone groups is 1. The highest BCUT2D eigenvalue weighted by Crippen LogP contribution is 2.30. The number of nitrogens with two attached hydrogens (primary N) is 1. The Hall–Kier alpha value is -1.27. The van der Waals surface area contributed by atoms with Gasteiger partial charge in [-0.1, -0.05) is 6.07 Å². The van der Waals surface area contributed by atoms with Crippen LogP contribution in [-0.2, 0) is 14.6 Å². The van der Waals surface area contributed by atoms with Gasteiger partial charge in [0.1, 0.15) is 4.90 Å². The first-order chi connectivity index (χ1) is 8.00. The second kappa shape index (κ2) is 4.54. The van der Waals surface area contributed by atoms with Gasteiger partial charge in [-0.15, -0.1) is 0 Å². The van der Waals surface area contributed by atoms with Crippen LogP contribution < -0.4 is 10.6 Å². The van der Waals surface area contributed by atoms with Crippen molar-refractivity contribution in [3.05, 3.63) is 18.2 Å². The Morgan fingerprint density at radius 1 is 1.29 bits per heavy atom. The number of hydrogen-bond acceptors (Lipinski definition) is 5. The largest absolute Gasteiger partial charge is 0.398 e. The maximum Gasteiger partial charge on any atom is 0.179 e. The predicted octanol–water partition coefficient (Wildman–Crippen LogP) is 0.509. The van der Waals surface area contributed by atoms with E-state index in [1.807, 2.05) is 4.90 Å². The number of morpholine rings is 1. The van der Waals surface area contributed by atoms with Crippen LogP contribution in [0.2, 0.25) is 0 Å². The SMILES string of the molecule is CS(=O)(=O)c1c(N)cccc1N1CCOCC1. The summed E-state index contributed by atoms with van der Waals surface area (Å²) in [5.41, 5.74) is 6.76. The van der Waals surface area contributed by atoms with E-state index >= 15 is 0 Å². The van der Waals surface area contributed by atoms with Gasteiger partial charge in [0.25, 0.3) is 0 Å².